The second kappa shape index (κ2) is 6.16. The first-order chi connectivity index (χ1) is 11.4. The molecule has 0 atom stereocenters. The van der Waals surface area contributed by atoms with E-state index < -0.39 is 0 Å². The Balaban J connectivity index is 1.77. The first-order valence-electron chi connectivity index (χ1n) is 8.30. The number of rotatable bonds is 4. The van der Waals surface area contributed by atoms with Crippen LogP contribution in [0, 0.1) is 13.8 Å². The number of hydrogen-bond acceptors (Lipinski definition) is 1. The molecule has 1 aromatic heterocycles. The summed E-state index contributed by atoms with van der Waals surface area (Å²) in [6, 6.07) is 14.1. The number of carbonyl (C=O) groups is 1. The van der Waals surface area contributed by atoms with Crippen molar-refractivity contribution in [1.82, 2.24) is 10.3 Å². The van der Waals surface area contributed by atoms with Crippen LogP contribution >= 0.6 is 0 Å². The number of para-hydroxylation sites is 1. The lowest BCUT2D eigenvalue weighted by atomic mass is 9.94. The van der Waals surface area contributed by atoms with Crippen LogP contribution in [0.1, 0.15) is 40.9 Å². The van der Waals surface area contributed by atoms with Crippen molar-refractivity contribution in [2.24, 2.45) is 0 Å². The topological polar surface area (TPSA) is 44.9 Å². The molecule has 0 aliphatic carbocycles. The molecule has 1 heterocycles. The molecular weight excluding hydrogens is 296 g/mol. The van der Waals surface area contributed by atoms with Crippen molar-refractivity contribution in [3.8, 4) is 0 Å². The number of aromatic amines is 1. The van der Waals surface area contributed by atoms with Crippen molar-refractivity contribution in [2.45, 2.75) is 39.7 Å². The summed E-state index contributed by atoms with van der Waals surface area (Å²) >= 11 is 0. The largest absolute Gasteiger partial charge is 0.361 e. The molecular formula is C21H24N2O. The highest BCUT2D eigenvalue weighted by atomic mass is 16.1. The van der Waals surface area contributed by atoms with Gasteiger partial charge in [0.25, 0.3) is 5.91 Å². The van der Waals surface area contributed by atoms with E-state index in [0.29, 0.717) is 5.56 Å². The fraction of sp³-hybridized carbons (Fsp3) is 0.286. The van der Waals surface area contributed by atoms with Crippen LogP contribution in [0.3, 0.4) is 0 Å². The maximum atomic E-state index is 12.6. The van der Waals surface area contributed by atoms with E-state index in [9.17, 15) is 4.79 Å². The van der Waals surface area contributed by atoms with Crippen molar-refractivity contribution >= 4 is 16.8 Å². The summed E-state index contributed by atoms with van der Waals surface area (Å²) in [6.45, 7) is 8.21. The number of carbonyl (C=O) groups excluding carboxylic acids is 1. The van der Waals surface area contributed by atoms with Gasteiger partial charge in [0, 0.05) is 28.2 Å². The van der Waals surface area contributed by atoms with Crippen LogP contribution in [0.5, 0.6) is 0 Å². The molecule has 0 saturated heterocycles. The van der Waals surface area contributed by atoms with Gasteiger partial charge >= 0.3 is 0 Å². The summed E-state index contributed by atoms with van der Waals surface area (Å²) in [6.07, 6.45) is 2.81. The molecule has 3 rings (SSSR count). The lowest BCUT2D eigenvalue weighted by molar-refractivity contribution is 0.0913. The van der Waals surface area contributed by atoms with Gasteiger partial charge in [-0.25, -0.2) is 0 Å². The Kier molecular flexibility index (Phi) is 4.18. The van der Waals surface area contributed by atoms with Crippen LogP contribution in [-0.2, 0) is 6.42 Å². The summed E-state index contributed by atoms with van der Waals surface area (Å²) in [5.74, 6) is -0.0251. The number of hydrogen-bond donors (Lipinski definition) is 2. The fourth-order valence-electron chi connectivity index (χ4n) is 3.06. The van der Waals surface area contributed by atoms with Crippen LogP contribution in [-0.4, -0.2) is 16.4 Å². The Bertz CT molecular complexity index is 890. The monoisotopic (exact) mass is 320 g/mol. The number of aromatic nitrogens is 1. The molecule has 24 heavy (non-hydrogen) atoms. The second-order valence-electron chi connectivity index (χ2n) is 7.17. The minimum absolute atomic E-state index is 0.0251. The van der Waals surface area contributed by atoms with Gasteiger partial charge in [0.2, 0.25) is 0 Å². The van der Waals surface area contributed by atoms with Gasteiger partial charge in [0.05, 0.1) is 0 Å². The second-order valence-corrected chi connectivity index (χ2v) is 7.17. The summed E-state index contributed by atoms with van der Waals surface area (Å²) in [5, 5.41) is 4.38. The molecule has 0 radical (unpaired) electrons. The molecule has 3 aromatic rings. The van der Waals surface area contributed by atoms with Crippen LogP contribution < -0.4 is 5.32 Å². The molecule has 0 fully saturated rings. The molecule has 0 spiro atoms. The van der Waals surface area contributed by atoms with Crippen molar-refractivity contribution in [1.29, 1.82) is 0 Å². The quantitative estimate of drug-likeness (QED) is 0.728. The van der Waals surface area contributed by atoms with E-state index in [4.69, 9.17) is 0 Å². The SMILES string of the molecule is Cc1ccc(C(=O)NC(C)(C)Cc2c[nH]c3ccccc23)cc1C. The van der Waals surface area contributed by atoms with Crippen molar-refractivity contribution < 1.29 is 4.79 Å². The number of benzene rings is 2. The van der Waals surface area contributed by atoms with Gasteiger partial charge in [0.1, 0.15) is 0 Å². The molecule has 0 saturated carbocycles. The smallest absolute Gasteiger partial charge is 0.251 e. The van der Waals surface area contributed by atoms with Crippen LogP contribution in [0.15, 0.2) is 48.7 Å². The van der Waals surface area contributed by atoms with Crippen LogP contribution in [0.4, 0.5) is 0 Å². The molecule has 0 aliphatic heterocycles. The van der Waals surface area contributed by atoms with Gasteiger partial charge in [-0.05, 0) is 69.0 Å². The minimum Gasteiger partial charge on any atom is -0.361 e. The molecule has 0 unspecified atom stereocenters. The van der Waals surface area contributed by atoms with Gasteiger partial charge in [-0.1, -0.05) is 24.3 Å². The van der Waals surface area contributed by atoms with Gasteiger partial charge in [-0.2, -0.15) is 0 Å². The van der Waals surface area contributed by atoms with Gasteiger partial charge in [0.15, 0.2) is 0 Å². The maximum absolute atomic E-state index is 12.6. The van der Waals surface area contributed by atoms with Crippen LogP contribution in [0.2, 0.25) is 0 Å². The Hall–Kier alpha value is -2.55. The van der Waals surface area contributed by atoms with Crippen molar-refractivity contribution in [2.75, 3.05) is 0 Å². The highest BCUT2D eigenvalue weighted by Crippen LogP contribution is 2.22. The number of nitrogens with one attached hydrogen (secondary N) is 2. The lowest BCUT2D eigenvalue weighted by Gasteiger charge is -2.26. The van der Waals surface area contributed by atoms with Gasteiger partial charge in [-0.15, -0.1) is 0 Å². The average Bonchev–Trinajstić information content (AvgIpc) is 2.92. The first kappa shape index (κ1) is 16.3. The Morgan fingerprint density at radius 1 is 1.08 bits per heavy atom. The van der Waals surface area contributed by atoms with Crippen LogP contribution in [0.25, 0.3) is 10.9 Å². The standard InChI is InChI=1S/C21H24N2O/c1-14-9-10-16(11-15(14)2)20(24)23-21(3,4)12-17-13-22-19-8-6-5-7-18(17)19/h5-11,13,22H,12H2,1-4H3,(H,23,24). The Morgan fingerprint density at radius 2 is 1.83 bits per heavy atom. The van der Waals surface area contributed by atoms with E-state index in [-0.39, 0.29) is 11.4 Å². The molecule has 3 heteroatoms. The van der Waals surface area contributed by atoms with E-state index in [2.05, 4.69) is 43.2 Å². The predicted molar refractivity (Wildman–Crippen MR) is 99.5 cm³/mol. The Morgan fingerprint density at radius 3 is 2.58 bits per heavy atom. The molecule has 2 aromatic carbocycles. The summed E-state index contributed by atoms with van der Waals surface area (Å²) < 4.78 is 0. The van der Waals surface area contributed by atoms with Gasteiger partial charge < -0.3 is 10.3 Å². The molecule has 124 valence electrons. The lowest BCUT2D eigenvalue weighted by Crippen LogP contribution is -2.45. The average molecular weight is 320 g/mol. The highest BCUT2D eigenvalue weighted by Gasteiger charge is 2.23. The summed E-state index contributed by atoms with van der Waals surface area (Å²) in [7, 11) is 0. The molecule has 1 amide bonds. The third-order valence-corrected chi connectivity index (χ3v) is 4.53. The van der Waals surface area contributed by atoms with E-state index in [1.54, 1.807) is 0 Å². The summed E-state index contributed by atoms with van der Waals surface area (Å²) in [4.78, 5) is 15.9. The minimum atomic E-state index is -0.333. The van der Waals surface area contributed by atoms with E-state index in [1.165, 1.54) is 16.5 Å². The zero-order chi connectivity index (χ0) is 17.3. The normalized spacial score (nSPS) is 11.7. The van der Waals surface area contributed by atoms with Gasteiger partial charge in [-0.3, -0.25) is 4.79 Å². The van der Waals surface area contributed by atoms with Crippen molar-refractivity contribution in [3.05, 3.63) is 70.9 Å². The third kappa shape index (κ3) is 3.35. The predicted octanol–water partition coefficient (Wildman–Crippen LogP) is 4.54. The number of H-pyrrole nitrogens is 1. The zero-order valence-corrected chi connectivity index (χ0v) is 14.7. The third-order valence-electron chi connectivity index (χ3n) is 4.53. The molecule has 0 aliphatic rings. The highest BCUT2D eigenvalue weighted by molar-refractivity contribution is 5.95. The molecule has 2 N–H and O–H groups in total. The van der Waals surface area contributed by atoms with E-state index in [0.717, 1.165) is 17.5 Å². The Labute approximate surface area is 143 Å². The fourth-order valence-corrected chi connectivity index (χ4v) is 3.06. The maximum Gasteiger partial charge on any atom is 0.251 e. The molecule has 0 bridgehead atoms. The van der Waals surface area contributed by atoms with E-state index >= 15 is 0 Å². The van der Waals surface area contributed by atoms with E-state index in [1.807, 2.05) is 43.5 Å². The molecule has 3 nitrogen and oxygen atoms in total. The number of fused-ring (bicyclic) bond motifs is 1. The van der Waals surface area contributed by atoms with Crippen molar-refractivity contribution in [3.63, 3.8) is 0 Å². The zero-order valence-electron chi connectivity index (χ0n) is 14.7. The number of amides is 1. The first-order valence-corrected chi connectivity index (χ1v) is 8.30. The number of aryl methyl sites for hydroxylation is 2. The summed E-state index contributed by atoms with van der Waals surface area (Å²) in [5.41, 5.74) is 5.06.